The quantitative estimate of drug-likeness (QED) is 0.869. The maximum absolute atomic E-state index is 12.8. The molecule has 112 valence electrons. The molecule has 0 unspecified atom stereocenters. The van der Waals surface area contributed by atoms with Crippen LogP contribution in [0.5, 0.6) is 0 Å². The number of aromatic nitrogens is 2. The molecule has 0 aromatic carbocycles. The molecule has 2 aromatic heterocycles. The van der Waals surface area contributed by atoms with Crippen LogP contribution in [0.2, 0.25) is 0 Å². The predicted octanol–water partition coefficient (Wildman–Crippen LogP) is 2.94. The Balaban J connectivity index is 1.75. The lowest BCUT2D eigenvalue weighted by Crippen LogP contribution is -2.42. The number of hydrogen-bond donors (Lipinski definition) is 2. The highest BCUT2D eigenvalue weighted by molar-refractivity contribution is 9.10. The van der Waals surface area contributed by atoms with Gasteiger partial charge >= 0.3 is 0 Å². The van der Waals surface area contributed by atoms with Gasteiger partial charge in [0.1, 0.15) is 10.5 Å². The van der Waals surface area contributed by atoms with E-state index in [0.717, 1.165) is 30.2 Å². The highest BCUT2D eigenvalue weighted by atomic mass is 79.9. The largest absolute Gasteiger partial charge is 0.345 e. The summed E-state index contributed by atoms with van der Waals surface area (Å²) in [6, 6.07) is 1.78. The Morgan fingerprint density at radius 2 is 2.05 bits per heavy atom. The molecule has 2 fully saturated rings. The van der Waals surface area contributed by atoms with Gasteiger partial charge < -0.3 is 4.98 Å². The van der Waals surface area contributed by atoms with Gasteiger partial charge in [0.25, 0.3) is 0 Å². The highest BCUT2D eigenvalue weighted by Crippen LogP contribution is 2.64. The molecule has 2 aromatic rings. The van der Waals surface area contributed by atoms with E-state index >= 15 is 0 Å². The maximum atomic E-state index is 12.8. The first-order valence-electron chi connectivity index (χ1n) is 7.02. The van der Waals surface area contributed by atoms with Gasteiger partial charge in [0.15, 0.2) is 0 Å². The molecule has 5 nitrogen and oxygen atoms in total. The lowest BCUT2D eigenvalue weighted by atomic mass is 9.98. The van der Waals surface area contributed by atoms with Crippen LogP contribution in [0.3, 0.4) is 0 Å². The van der Waals surface area contributed by atoms with Gasteiger partial charge in [-0.25, -0.2) is 18.1 Å². The molecule has 0 atom stereocenters. The molecule has 21 heavy (non-hydrogen) atoms. The van der Waals surface area contributed by atoms with Gasteiger partial charge in [0.2, 0.25) is 10.0 Å². The second kappa shape index (κ2) is 4.08. The normalized spacial score (nSPS) is 22.4. The summed E-state index contributed by atoms with van der Waals surface area (Å²) in [6.45, 7) is 2.18. The third kappa shape index (κ3) is 2.05. The van der Waals surface area contributed by atoms with Gasteiger partial charge in [-0.15, -0.1) is 0 Å². The first kappa shape index (κ1) is 13.7. The summed E-state index contributed by atoms with van der Waals surface area (Å²) in [4.78, 5) is 7.40. The highest BCUT2D eigenvalue weighted by Gasteiger charge is 2.64. The first-order valence-corrected chi connectivity index (χ1v) is 9.30. The van der Waals surface area contributed by atoms with Gasteiger partial charge in [0, 0.05) is 27.8 Å². The molecule has 0 saturated heterocycles. The van der Waals surface area contributed by atoms with E-state index in [0.29, 0.717) is 11.0 Å². The van der Waals surface area contributed by atoms with Crippen molar-refractivity contribution in [1.29, 1.82) is 0 Å². The summed E-state index contributed by atoms with van der Waals surface area (Å²) in [6.07, 6.45) is 7.26. The molecule has 0 aliphatic heterocycles. The lowest BCUT2D eigenvalue weighted by molar-refractivity contribution is 0.381. The molecule has 2 saturated carbocycles. The fourth-order valence-corrected chi connectivity index (χ4v) is 5.17. The van der Waals surface area contributed by atoms with Gasteiger partial charge in [0.05, 0.1) is 0 Å². The Bertz CT molecular complexity index is 835. The molecule has 2 aliphatic rings. The zero-order valence-electron chi connectivity index (χ0n) is 11.6. The average Bonchev–Trinajstić information content (AvgIpc) is 3.30. The van der Waals surface area contributed by atoms with Crippen molar-refractivity contribution in [3.63, 3.8) is 0 Å². The van der Waals surface area contributed by atoms with Crippen LogP contribution in [0, 0.1) is 5.41 Å². The minimum atomic E-state index is -3.54. The summed E-state index contributed by atoms with van der Waals surface area (Å²) in [7, 11) is -3.54. The van der Waals surface area contributed by atoms with Crippen molar-refractivity contribution in [3.8, 4) is 0 Å². The van der Waals surface area contributed by atoms with E-state index in [1.54, 1.807) is 12.3 Å². The SMILES string of the molecule is CC1(C2(NS(=O)(=O)c3c[nH]c4ncc(Br)cc34)CC2)CC1. The van der Waals surface area contributed by atoms with E-state index in [1.165, 1.54) is 6.20 Å². The zero-order chi connectivity index (χ0) is 14.9. The van der Waals surface area contributed by atoms with Crippen LogP contribution in [-0.2, 0) is 10.0 Å². The number of fused-ring (bicyclic) bond motifs is 1. The summed E-state index contributed by atoms with van der Waals surface area (Å²) in [5, 5.41) is 0.619. The van der Waals surface area contributed by atoms with Crippen molar-refractivity contribution in [2.24, 2.45) is 5.41 Å². The topological polar surface area (TPSA) is 74.8 Å². The van der Waals surface area contributed by atoms with E-state index in [9.17, 15) is 8.42 Å². The molecule has 7 heteroatoms. The van der Waals surface area contributed by atoms with Crippen LogP contribution in [0.1, 0.15) is 32.6 Å². The molecule has 0 amide bonds. The van der Waals surface area contributed by atoms with Crippen molar-refractivity contribution in [2.75, 3.05) is 0 Å². The Morgan fingerprint density at radius 1 is 1.33 bits per heavy atom. The van der Waals surface area contributed by atoms with Crippen LogP contribution >= 0.6 is 15.9 Å². The number of aromatic amines is 1. The third-order valence-electron chi connectivity index (χ3n) is 4.98. The number of H-pyrrole nitrogens is 1. The number of nitrogens with one attached hydrogen (secondary N) is 2. The minimum Gasteiger partial charge on any atom is -0.345 e. The standard InChI is InChI=1S/C14H16BrN3O2S/c1-13(2-3-13)14(4-5-14)18-21(19,20)11-8-17-12-10(11)6-9(15)7-16-12/h6-8,18H,2-5H2,1H3,(H,16,17). The molecular formula is C14H16BrN3O2S. The van der Waals surface area contributed by atoms with Crippen molar-refractivity contribution >= 4 is 37.0 Å². The molecule has 0 spiro atoms. The molecule has 2 aliphatic carbocycles. The van der Waals surface area contributed by atoms with E-state index in [1.807, 2.05) is 0 Å². The van der Waals surface area contributed by atoms with Crippen LogP contribution in [-0.4, -0.2) is 23.9 Å². The Kier molecular flexibility index (Phi) is 2.67. The van der Waals surface area contributed by atoms with Crippen LogP contribution in [0.25, 0.3) is 11.0 Å². The fraction of sp³-hybridized carbons (Fsp3) is 0.500. The maximum Gasteiger partial charge on any atom is 0.243 e. The van der Waals surface area contributed by atoms with E-state index in [-0.39, 0.29) is 15.8 Å². The molecule has 0 bridgehead atoms. The van der Waals surface area contributed by atoms with Gasteiger partial charge in [-0.2, -0.15) is 0 Å². The number of halogens is 1. The minimum absolute atomic E-state index is 0.144. The molecule has 2 heterocycles. The van der Waals surface area contributed by atoms with E-state index in [4.69, 9.17) is 0 Å². The smallest absolute Gasteiger partial charge is 0.243 e. The number of hydrogen-bond acceptors (Lipinski definition) is 3. The van der Waals surface area contributed by atoms with E-state index in [2.05, 4.69) is 37.5 Å². The number of sulfonamides is 1. The average molecular weight is 370 g/mol. The number of pyridine rings is 1. The van der Waals surface area contributed by atoms with Gasteiger partial charge in [-0.1, -0.05) is 6.92 Å². The summed E-state index contributed by atoms with van der Waals surface area (Å²) in [5.74, 6) is 0. The molecule has 2 N–H and O–H groups in total. The zero-order valence-corrected chi connectivity index (χ0v) is 14.0. The molecule has 0 radical (unpaired) electrons. The van der Waals surface area contributed by atoms with Crippen LogP contribution in [0.15, 0.2) is 27.8 Å². The predicted molar refractivity (Wildman–Crippen MR) is 83.4 cm³/mol. The first-order chi connectivity index (χ1) is 9.85. The molecular weight excluding hydrogens is 354 g/mol. The summed E-state index contributed by atoms with van der Waals surface area (Å²) < 4.78 is 29.3. The summed E-state index contributed by atoms with van der Waals surface area (Å²) >= 11 is 3.34. The van der Waals surface area contributed by atoms with Crippen LogP contribution in [0.4, 0.5) is 0 Å². The van der Waals surface area contributed by atoms with Gasteiger partial charge in [-0.3, -0.25) is 0 Å². The van der Waals surface area contributed by atoms with Crippen molar-refractivity contribution in [1.82, 2.24) is 14.7 Å². The Labute approximate surface area is 131 Å². The second-order valence-corrected chi connectivity index (χ2v) is 9.02. The van der Waals surface area contributed by atoms with E-state index < -0.39 is 10.0 Å². The monoisotopic (exact) mass is 369 g/mol. The lowest BCUT2D eigenvalue weighted by Gasteiger charge is -2.23. The summed E-state index contributed by atoms with van der Waals surface area (Å²) in [5.41, 5.74) is 0.501. The van der Waals surface area contributed by atoms with Crippen molar-refractivity contribution in [3.05, 3.63) is 22.9 Å². The number of nitrogens with zero attached hydrogens (tertiary/aromatic N) is 1. The third-order valence-corrected chi connectivity index (χ3v) is 6.99. The number of rotatable bonds is 4. The molecule has 4 rings (SSSR count). The Hall–Kier alpha value is -0.920. The van der Waals surface area contributed by atoms with Crippen LogP contribution < -0.4 is 4.72 Å². The Morgan fingerprint density at radius 3 is 2.67 bits per heavy atom. The van der Waals surface area contributed by atoms with Crippen molar-refractivity contribution < 1.29 is 8.42 Å². The second-order valence-electron chi connectivity index (χ2n) is 6.45. The fourth-order valence-electron chi connectivity index (χ4n) is 3.11. The van der Waals surface area contributed by atoms with Gasteiger partial charge in [-0.05, 0) is 53.1 Å². The van der Waals surface area contributed by atoms with Crippen molar-refractivity contribution in [2.45, 2.75) is 43.0 Å².